The monoisotopic (exact) mass is 252 g/mol. The Bertz CT molecular complexity index is 364. The normalized spacial score (nSPS) is 11.5. The Balaban J connectivity index is 2.68. The first-order valence-corrected chi connectivity index (χ1v) is 6.72. The molecule has 18 heavy (non-hydrogen) atoms. The largest absolute Gasteiger partial charge is 0.310 e. The highest BCUT2D eigenvalue weighted by Gasteiger charge is 2.07. The van der Waals surface area contributed by atoms with Crippen molar-refractivity contribution in [3.8, 4) is 0 Å². The highest BCUT2D eigenvalue weighted by Crippen LogP contribution is 2.13. The number of benzene rings is 1. The molecule has 0 aromatic heterocycles. The Kier molecular flexibility index (Phi) is 6.30. The first kappa shape index (κ1) is 15.1. The summed E-state index contributed by atoms with van der Waals surface area (Å²) < 4.78 is 13.7. The summed E-state index contributed by atoms with van der Waals surface area (Å²) in [5.74, 6) is -0.105. The van der Waals surface area contributed by atoms with Crippen LogP contribution in [0.4, 0.5) is 4.39 Å². The van der Waals surface area contributed by atoms with E-state index in [0.29, 0.717) is 12.6 Å². The average molecular weight is 252 g/mol. The molecule has 0 aliphatic heterocycles. The van der Waals surface area contributed by atoms with Gasteiger partial charge in [-0.2, -0.15) is 0 Å². The van der Waals surface area contributed by atoms with Crippen LogP contribution < -0.4 is 5.32 Å². The molecule has 0 aliphatic carbocycles. The van der Waals surface area contributed by atoms with Crippen molar-refractivity contribution in [2.45, 2.75) is 46.3 Å². The van der Waals surface area contributed by atoms with Gasteiger partial charge in [0.1, 0.15) is 5.82 Å². The van der Waals surface area contributed by atoms with Crippen LogP contribution in [0.3, 0.4) is 0 Å². The average Bonchev–Trinajstić information content (AvgIpc) is 2.30. The lowest BCUT2D eigenvalue weighted by Crippen LogP contribution is -2.22. The molecule has 1 rings (SSSR count). The van der Waals surface area contributed by atoms with Gasteiger partial charge in [0.15, 0.2) is 0 Å². The summed E-state index contributed by atoms with van der Waals surface area (Å²) in [5.41, 5.74) is 1.93. The van der Waals surface area contributed by atoms with Crippen LogP contribution in [0.5, 0.6) is 0 Å². The number of halogens is 1. The second-order valence-corrected chi connectivity index (χ2v) is 5.20. The van der Waals surface area contributed by atoms with Crippen molar-refractivity contribution in [1.29, 1.82) is 0 Å². The van der Waals surface area contributed by atoms with Gasteiger partial charge >= 0.3 is 0 Å². The maximum Gasteiger partial charge on any atom is 0.127 e. The van der Waals surface area contributed by atoms with Crippen molar-refractivity contribution in [2.75, 3.05) is 13.6 Å². The molecular weight excluding hydrogens is 227 g/mol. The van der Waals surface area contributed by atoms with Crippen molar-refractivity contribution in [1.82, 2.24) is 10.2 Å². The quantitative estimate of drug-likeness (QED) is 0.802. The molecule has 0 unspecified atom stereocenters. The minimum Gasteiger partial charge on any atom is -0.310 e. The lowest BCUT2D eigenvalue weighted by atomic mass is 10.1. The number of hydrogen-bond donors (Lipinski definition) is 1. The van der Waals surface area contributed by atoms with Crippen LogP contribution in [-0.2, 0) is 13.1 Å². The topological polar surface area (TPSA) is 15.3 Å². The number of nitrogens with zero attached hydrogens (tertiary/aromatic N) is 1. The molecule has 0 bridgehead atoms. The zero-order valence-electron chi connectivity index (χ0n) is 12.0. The molecule has 3 heteroatoms. The molecule has 0 spiro atoms. The molecule has 0 radical (unpaired) electrons. The summed E-state index contributed by atoms with van der Waals surface area (Å²) in [6, 6.07) is 5.85. The fourth-order valence-electron chi connectivity index (χ4n) is 1.93. The molecular formula is C15H25FN2. The minimum atomic E-state index is -0.105. The van der Waals surface area contributed by atoms with Gasteiger partial charge in [0, 0.05) is 24.7 Å². The Morgan fingerprint density at radius 2 is 2.06 bits per heavy atom. The lowest BCUT2D eigenvalue weighted by molar-refractivity contribution is 0.322. The van der Waals surface area contributed by atoms with E-state index in [4.69, 9.17) is 0 Å². The van der Waals surface area contributed by atoms with E-state index in [1.807, 2.05) is 19.2 Å². The smallest absolute Gasteiger partial charge is 0.127 e. The zero-order valence-corrected chi connectivity index (χ0v) is 12.0. The van der Waals surface area contributed by atoms with Gasteiger partial charge in [0.05, 0.1) is 0 Å². The van der Waals surface area contributed by atoms with Gasteiger partial charge in [0.25, 0.3) is 0 Å². The molecule has 0 atom stereocenters. The fraction of sp³-hybridized carbons (Fsp3) is 0.600. The van der Waals surface area contributed by atoms with E-state index in [0.717, 1.165) is 30.6 Å². The van der Waals surface area contributed by atoms with E-state index in [1.54, 1.807) is 6.07 Å². The maximum absolute atomic E-state index is 13.7. The van der Waals surface area contributed by atoms with Gasteiger partial charge in [-0.15, -0.1) is 0 Å². The first-order valence-electron chi connectivity index (χ1n) is 6.72. The molecule has 0 fully saturated rings. The van der Waals surface area contributed by atoms with Crippen LogP contribution in [-0.4, -0.2) is 24.5 Å². The van der Waals surface area contributed by atoms with Crippen molar-refractivity contribution < 1.29 is 4.39 Å². The summed E-state index contributed by atoms with van der Waals surface area (Å²) in [7, 11) is 2.03. The second-order valence-electron chi connectivity index (χ2n) is 5.20. The first-order chi connectivity index (χ1) is 8.52. The third-order valence-electron chi connectivity index (χ3n) is 2.87. The van der Waals surface area contributed by atoms with Gasteiger partial charge < -0.3 is 10.2 Å². The Morgan fingerprint density at radius 3 is 2.67 bits per heavy atom. The summed E-state index contributed by atoms with van der Waals surface area (Å²) in [6.45, 7) is 8.82. The molecule has 0 heterocycles. The molecule has 0 saturated heterocycles. The van der Waals surface area contributed by atoms with Crippen LogP contribution in [0.2, 0.25) is 0 Å². The van der Waals surface area contributed by atoms with Gasteiger partial charge in [-0.25, -0.2) is 4.39 Å². The van der Waals surface area contributed by atoms with Crippen LogP contribution in [0.15, 0.2) is 18.2 Å². The molecule has 0 amide bonds. The van der Waals surface area contributed by atoms with E-state index in [2.05, 4.69) is 31.0 Å². The Labute approximate surface area is 110 Å². The summed E-state index contributed by atoms with van der Waals surface area (Å²) in [5, 5.41) is 3.35. The SMILES string of the molecule is CCCN(C)Cc1cc(CNC(C)C)ccc1F. The lowest BCUT2D eigenvalue weighted by Gasteiger charge is -2.17. The standard InChI is InChI=1S/C15H25FN2/c1-5-8-18(4)11-14-9-13(6-7-15(14)16)10-17-12(2)3/h6-7,9,12,17H,5,8,10-11H2,1-4H3. The molecule has 0 aliphatic rings. The molecule has 1 N–H and O–H groups in total. The van der Waals surface area contributed by atoms with Crippen molar-refractivity contribution in [2.24, 2.45) is 0 Å². The summed E-state index contributed by atoms with van der Waals surface area (Å²) in [4.78, 5) is 2.15. The summed E-state index contributed by atoms with van der Waals surface area (Å²) >= 11 is 0. The molecule has 2 nitrogen and oxygen atoms in total. The summed E-state index contributed by atoms with van der Waals surface area (Å²) in [6.07, 6.45) is 1.09. The molecule has 1 aromatic rings. The van der Waals surface area contributed by atoms with E-state index in [1.165, 1.54) is 0 Å². The van der Waals surface area contributed by atoms with E-state index >= 15 is 0 Å². The number of rotatable bonds is 7. The fourth-order valence-corrected chi connectivity index (χ4v) is 1.93. The van der Waals surface area contributed by atoms with Gasteiger partial charge in [0.2, 0.25) is 0 Å². The minimum absolute atomic E-state index is 0.105. The highest BCUT2D eigenvalue weighted by atomic mass is 19.1. The second kappa shape index (κ2) is 7.49. The predicted molar refractivity (Wildman–Crippen MR) is 75.0 cm³/mol. The maximum atomic E-state index is 13.7. The third-order valence-corrected chi connectivity index (χ3v) is 2.87. The molecule has 102 valence electrons. The number of hydrogen-bond acceptors (Lipinski definition) is 2. The number of nitrogens with one attached hydrogen (secondary N) is 1. The van der Waals surface area contributed by atoms with Gasteiger partial charge in [-0.3, -0.25) is 0 Å². The van der Waals surface area contributed by atoms with Crippen molar-refractivity contribution >= 4 is 0 Å². The van der Waals surface area contributed by atoms with Crippen LogP contribution >= 0.6 is 0 Å². The van der Waals surface area contributed by atoms with Crippen molar-refractivity contribution in [3.05, 3.63) is 35.1 Å². The predicted octanol–water partition coefficient (Wildman–Crippen LogP) is 3.17. The van der Waals surface area contributed by atoms with Crippen LogP contribution in [0.25, 0.3) is 0 Å². The van der Waals surface area contributed by atoms with Crippen LogP contribution in [0.1, 0.15) is 38.3 Å². The Morgan fingerprint density at radius 1 is 1.33 bits per heavy atom. The van der Waals surface area contributed by atoms with Crippen LogP contribution in [0, 0.1) is 5.82 Å². The van der Waals surface area contributed by atoms with Crippen molar-refractivity contribution in [3.63, 3.8) is 0 Å². The third kappa shape index (κ3) is 5.15. The Hall–Kier alpha value is -0.930. The van der Waals surface area contributed by atoms with E-state index < -0.39 is 0 Å². The molecule has 1 aromatic carbocycles. The van der Waals surface area contributed by atoms with Gasteiger partial charge in [-0.05, 0) is 31.6 Å². The van der Waals surface area contributed by atoms with Gasteiger partial charge in [-0.1, -0.05) is 32.9 Å². The molecule has 0 saturated carbocycles. The van der Waals surface area contributed by atoms with E-state index in [9.17, 15) is 4.39 Å². The van der Waals surface area contributed by atoms with E-state index in [-0.39, 0.29) is 5.82 Å². The zero-order chi connectivity index (χ0) is 13.5. The highest BCUT2D eigenvalue weighted by molar-refractivity contribution is 5.25.